The second kappa shape index (κ2) is 22.5. The molecule has 4 aromatic heterocycles. The standard InChI is InChI=1S/C54H58N12O6/c55-21-11-10-20-43-49(67)63-46(24-34-28-58-41-18-8-5-15-38(34)41)53(71)64-47(25-35-29-59-42-19-9-6-16-39(35)42)52(70)62-44(22-32-12-2-1-3-13-32)50(68)66-48(26-36-30-56-31-60-36)54(72)65-45(51(69)61-43)23-33-27-57-40-17-7-4-14-37(33)40/h1-9,12-19,27-31,43-48,57-59H,10-11,20-26,55H2,(H,56,60)(H,61,69)(H,62,70)(H,63,67)(H,64,71)(H,65,72)(H,66,68)/t43-,44+,45+,46+,47-,48-/m0/s1. The highest BCUT2D eigenvalue weighted by atomic mass is 16.2. The minimum Gasteiger partial charge on any atom is -0.361 e. The third kappa shape index (κ3) is 11.6. The number of benzene rings is 4. The molecule has 370 valence electrons. The molecule has 0 spiro atoms. The summed E-state index contributed by atoms with van der Waals surface area (Å²) in [6.45, 7) is 0.336. The van der Waals surface area contributed by atoms with E-state index in [0.29, 0.717) is 30.6 Å². The molecule has 18 nitrogen and oxygen atoms in total. The molecule has 1 aliphatic heterocycles. The van der Waals surface area contributed by atoms with E-state index in [-0.39, 0.29) is 38.5 Å². The van der Waals surface area contributed by atoms with Crippen molar-refractivity contribution in [3.8, 4) is 0 Å². The third-order valence-corrected chi connectivity index (χ3v) is 13.3. The normalized spacial score (nSPS) is 20.8. The van der Waals surface area contributed by atoms with Gasteiger partial charge in [-0.05, 0) is 66.3 Å². The summed E-state index contributed by atoms with van der Waals surface area (Å²) < 4.78 is 0. The molecular weight excluding hydrogens is 913 g/mol. The second-order valence-electron chi connectivity index (χ2n) is 18.3. The molecule has 0 aliphatic carbocycles. The van der Waals surface area contributed by atoms with Gasteiger partial charge in [-0.3, -0.25) is 28.8 Å². The van der Waals surface area contributed by atoms with Crippen LogP contribution >= 0.6 is 0 Å². The number of para-hydroxylation sites is 3. The van der Waals surface area contributed by atoms with Gasteiger partial charge in [-0.1, -0.05) is 84.9 Å². The van der Waals surface area contributed by atoms with Crippen LogP contribution in [-0.2, 0) is 60.9 Å². The topological polar surface area (TPSA) is 277 Å². The highest BCUT2D eigenvalue weighted by Gasteiger charge is 2.36. The van der Waals surface area contributed by atoms with E-state index in [1.54, 1.807) is 18.6 Å². The Labute approximate surface area is 414 Å². The van der Waals surface area contributed by atoms with Gasteiger partial charge in [0.1, 0.15) is 36.3 Å². The summed E-state index contributed by atoms with van der Waals surface area (Å²) in [5.74, 6) is -4.05. The molecular formula is C54H58N12O6. The van der Waals surface area contributed by atoms with Crippen molar-refractivity contribution in [2.24, 2.45) is 5.73 Å². The minimum absolute atomic E-state index is 0.000445. The zero-order chi connectivity index (χ0) is 50.0. The van der Waals surface area contributed by atoms with E-state index in [4.69, 9.17) is 5.73 Å². The second-order valence-corrected chi connectivity index (χ2v) is 18.3. The molecule has 18 heteroatoms. The van der Waals surface area contributed by atoms with Crippen LogP contribution in [0.4, 0.5) is 0 Å². The predicted octanol–water partition coefficient (Wildman–Crippen LogP) is 3.42. The minimum atomic E-state index is -1.29. The van der Waals surface area contributed by atoms with Gasteiger partial charge in [0.25, 0.3) is 0 Å². The van der Waals surface area contributed by atoms with Crippen LogP contribution in [-0.4, -0.2) is 103 Å². The van der Waals surface area contributed by atoms with Crippen LogP contribution in [0.15, 0.2) is 134 Å². The van der Waals surface area contributed by atoms with Crippen molar-refractivity contribution in [3.05, 3.63) is 162 Å². The summed E-state index contributed by atoms with van der Waals surface area (Å²) >= 11 is 0. The number of hydrogen-bond acceptors (Lipinski definition) is 8. The number of nitrogens with two attached hydrogens (primary N) is 1. The summed E-state index contributed by atoms with van der Waals surface area (Å²) in [4.78, 5) is 106. The van der Waals surface area contributed by atoms with Crippen LogP contribution < -0.4 is 37.6 Å². The number of rotatable bonds is 14. The lowest BCUT2D eigenvalue weighted by molar-refractivity contribution is -0.136. The maximum atomic E-state index is 15.0. The first kappa shape index (κ1) is 48.5. The van der Waals surface area contributed by atoms with Crippen LogP contribution in [0.3, 0.4) is 0 Å². The number of aromatic amines is 4. The highest BCUT2D eigenvalue weighted by molar-refractivity contribution is 5.99. The number of carbonyl (C=O) groups excluding carboxylic acids is 6. The number of amides is 6. The highest BCUT2D eigenvalue weighted by Crippen LogP contribution is 2.23. The average molecular weight is 971 g/mol. The SMILES string of the molecule is NCCCC[C@@H]1NC(=O)[C@@H](Cc2c[nH]c3ccccc23)NC(=O)[C@H](Cc2cnc[nH]2)NC(=O)[C@@H](Cc2ccccc2)NC(=O)[C@H](Cc2c[nH]c3ccccc23)NC(=O)[C@@H](Cc2c[nH]c3ccccc23)NC1=O. The Morgan fingerprint density at radius 2 is 0.778 bits per heavy atom. The first-order valence-corrected chi connectivity index (χ1v) is 24.3. The van der Waals surface area contributed by atoms with E-state index in [1.165, 1.54) is 12.5 Å². The van der Waals surface area contributed by atoms with Crippen LogP contribution in [0.25, 0.3) is 32.7 Å². The van der Waals surface area contributed by atoms with Gasteiger partial charge in [0.2, 0.25) is 35.4 Å². The lowest BCUT2D eigenvalue weighted by Gasteiger charge is -2.29. The molecule has 1 saturated heterocycles. The monoisotopic (exact) mass is 970 g/mol. The Morgan fingerprint density at radius 1 is 0.403 bits per heavy atom. The van der Waals surface area contributed by atoms with Gasteiger partial charge in [0.05, 0.1) is 6.33 Å². The number of aromatic nitrogens is 5. The molecule has 8 aromatic rings. The Morgan fingerprint density at radius 3 is 1.19 bits per heavy atom. The fourth-order valence-electron chi connectivity index (χ4n) is 9.47. The molecule has 1 fully saturated rings. The molecule has 0 unspecified atom stereocenters. The number of imidazole rings is 1. The van der Waals surface area contributed by atoms with Gasteiger partial charge in [-0.25, -0.2) is 4.98 Å². The average Bonchev–Trinajstić information content (AvgIpc) is 4.23. The van der Waals surface area contributed by atoms with Crippen LogP contribution in [0.5, 0.6) is 0 Å². The van der Waals surface area contributed by atoms with Crippen molar-refractivity contribution in [1.82, 2.24) is 56.8 Å². The van der Waals surface area contributed by atoms with Crippen LogP contribution in [0, 0.1) is 0 Å². The smallest absolute Gasteiger partial charge is 0.243 e. The molecule has 9 rings (SSSR count). The molecule has 72 heavy (non-hydrogen) atoms. The van der Waals surface area contributed by atoms with E-state index in [1.807, 2.05) is 103 Å². The van der Waals surface area contributed by atoms with Gasteiger partial charge < -0.3 is 57.6 Å². The van der Waals surface area contributed by atoms with Crippen LogP contribution in [0.2, 0.25) is 0 Å². The van der Waals surface area contributed by atoms with E-state index in [9.17, 15) is 24.0 Å². The number of H-pyrrole nitrogens is 4. The summed E-state index contributed by atoms with van der Waals surface area (Å²) in [6, 6.07) is 24.2. The lowest BCUT2D eigenvalue weighted by Crippen LogP contribution is -2.62. The Kier molecular flexibility index (Phi) is 15.2. The zero-order valence-electron chi connectivity index (χ0n) is 39.5. The van der Waals surface area contributed by atoms with Crippen molar-refractivity contribution in [2.45, 2.75) is 87.6 Å². The molecule has 1 aliphatic rings. The third-order valence-electron chi connectivity index (χ3n) is 13.3. The fraction of sp³-hybridized carbons (Fsp3) is 0.278. The number of fused-ring (bicyclic) bond motifs is 3. The fourth-order valence-corrected chi connectivity index (χ4v) is 9.47. The maximum absolute atomic E-state index is 15.0. The maximum Gasteiger partial charge on any atom is 0.243 e. The quantitative estimate of drug-likeness (QED) is 0.0717. The van der Waals surface area contributed by atoms with E-state index < -0.39 is 71.7 Å². The lowest BCUT2D eigenvalue weighted by atomic mass is 9.99. The Bertz CT molecular complexity index is 3180. The molecule has 6 atom stereocenters. The number of unbranched alkanes of at least 4 members (excludes halogenated alkanes) is 1. The molecule has 0 bridgehead atoms. The molecule has 6 amide bonds. The molecule has 5 heterocycles. The van der Waals surface area contributed by atoms with Gasteiger partial charge in [0, 0.05) is 95.3 Å². The largest absolute Gasteiger partial charge is 0.361 e. The van der Waals surface area contributed by atoms with Crippen molar-refractivity contribution in [1.29, 1.82) is 0 Å². The number of nitrogens with one attached hydrogen (secondary N) is 10. The number of hydrogen-bond donors (Lipinski definition) is 11. The van der Waals surface area contributed by atoms with E-state index >= 15 is 4.79 Å². The molecule has 0 radical (unpaired) electrons. The summed E-state index contributed by atoms with van der Waals surface area (Å²) in [5.41, 5.74) is 11.7. The van der Waals surface area contributed by atoms with Gasteiger partial charge in [-0.2, -0.15) is 0 Å². The van der Waals surface area contributed by atoms with E-state index in [0.717, 1.165) is 49.4 Å². The van der Waals surface area contributed by atoms with Gasteiger partial charge in [0.15, 0.2) is 0 Å². The summed E-state index contributed by atoms with van der Waals surface area (Å²) in [7, 11) is 0. The van der Waals surface area contributed by atoms with Crippen LogP contribution in [0.1, 0.15) is 47.2 Å². The first-order valence-electron chi connectivity index (χ1n) is 24.3. The number of carbonyl (C=O) groups is 6. The van der Waals surface area contributed by atoms with Crippen molar-refractivity contribution < 1.29 is 28.8 Å². The van der Waals surface area contributed by atoms with E-state index in [2.05, 4.69) is 56.8 Å². The van der Waals surface area contributed by atoms with Crippen molar-refractivity contribution in [3.63, 3.8) is 0 Å². The van der Waals surface area contributed by atoms with Crippen molar-refractivity contribution >= 4 is 68.2 Å². The van der Waals surface area contributed by atoms with Gasteiger partial charge in [-0.15, -0.1) is 0 Å². The number of nitrogens with zero attached hydrogens (tertiary/aromatic N) is 1. The predicted molar refractivity (Wildman–Crippen MR) is 273 cm³/mol. The Balaban J connectivity index is 1.13. The molecule has 4 aromatic carbocycles. The summed E-state index contributed by atoms with van der Waals surface area (Å²) in [6.07, 6.45) is 9.37. The summed E-state index contributed by atoms with van der Waals surface area (Å²) in [5, 5.41) is 20.1. The van der Waals surface area contributed by atoms with Crippen molar-refractivity contribution in [2.75, 3.05) is 6.54 Å². The molecule has 0 saturated carbocycles. The van der Waals surface area contributed by atoms with Gasteiger partial charge >= 0.3 is 0 Å². The zero-order valence-corrected chi connectivity index (χ0v) is 39.5. The first-order chi connectivity index (χ1) is 35.1. The molecule has 12 N–H and O–H groups in total. The Hall–Kier alpha value is -8.51.